The van der Waals surface area contributed by atoms with E-state index in [9.17, 15) is 4.79 Å². The Balaban J connectivity index is 2.13. The fourth-order valence-corrected chi connectivity index (χ4v) is 2.67. The number of anilines is 1. The summed E-state index contributed by atoms with van der Waals surface area (Å²) in [6, 6.07) is 6.56. The van der Waals surface area contributed by atoms with Gasteiger partial charge in [-0.25, -0.2) is 0 Å². The van der Waals surface area contributed by atoms with Gasteiger partial charge in [0.1, 0.15) is 5.75 Å². The number of hydrogen-bond acceptors (Lipinski definition) is 3. The average Bonchev–Trinajstić information content (AvgIpc) is 2.53. The third kappa shape index (κ3) is 4.66. The molecule has 0 aliphatic heterocycles. The number of benzene rings is 1. The minimum absolute atomic E-state index is 0.174. The molecule has 2 N–H and O–H groups in total. The van der Waals surface area contributed by atoms with Gasteiger partial charge in [0.25, 0.3) is 5.56 Å². The Labute approximate surface area is 145 Å². The van der Waals surface area contributed by atoms with Crippen LogP contribution in [0.1, 0.15) is 31.7 Å². The Morgan fingerprint density at radius 3 is 2.70 bits per heavy atom. The van der Waals surface area contributed by atoms with E-state index < -0.39 is 0 Å². The number of nitrogens with two attached hydrogens (primary N) is 1. The summed E-state index contributed by atoms with van der Waals surface area (Å²) < 4.78 is 7.09. The van der Waals surface area contributed by atoms with Crippen LogP contribution in [-0.4, -0.2) is 11.2 Å². The Kier molecular flexibility index (Phi) is 6.37. The van der Waals surface area contributed by atoms with E-state index in [0.717, 1.165) is 19.3 Å². The van der Waals surface area contributed by atoms with Gasteiger partial charge >= 0.3 is 0 Å². The predicted molar refractivity (Wildman–Crippen MR) is 95.7 cm³/mol. The zero-order chi connectivity index (χ0) is 16.8. The minimum Gasteiger partial charge on any atom is -0.493 e. The van der Waals surface area contributed by atoms with Crippen LogP contribution in [0.4, 0.5) is 5.69 Å². The number of nitrogen functional groups attached to an aromatic ring is 1. The number of halogens is 2. The third-order valence-electron chi connectivity index (χ3n) is 3.53. The molecule has 1 aromatic carbocycles. The van der Waals surface area contributed by atoms with E-state index in [0.29, 0.717) is 33.7 Å². The molecule has 2 aromatic rings. The first-order valence-corrected chi connectivity index (χ1v) is 8.34. The normalized spacial score (nSPS) is 10.7. The standard InChI is InChI=1S/C17H20Cl2N2O2/c1-2-3-4-9-23-12-7-8-21(16(22)10-12)11-13-14(18)5-6-15(20)17(13)19/h5-8,10H,2-4,9,11,20H2,1H3. The molecule has 124 valence electrons. The largest absolute Gasteiger partial charge is 0.493 e. The Hall–Kier alpha value is -1.65. The van der Waals surface area contributed by atoms with Crippen molar-refractivity contribution in [1.29, 1.82) is 0 Å². The van der Waals surface area contributed by atoms with E-state index in [4.69, 9.17) is 33.7 Å². The van der Waals surface area contributed by atoms with Crippen LogP contribution < -0.4 is 16.0 Å². The Morgan fingerprint density at radius 1 is 1.22 bits per heavy atom. The molecule has 1 aromatic heterocycles. The van der Waals surface area contributed by atoms with E-state index in [1.54, 1.807) is 24.4 Å². The molecular formula is C17H20Cl2N2O2. The molecule has 0 bridgehead atoms. The van der Waals surface area contributed by atoms with Crippen molar-refractivity contribution >= 4 is 28.9 Å². The van der Waals surface area contributed by atoms with Crippen LogP contribution in [0.25, 0.3) is 0 Å². The first-order valence-electron chi connectivity index (χ1n) is 7.58. The molecule has 0 aliphatic rings. The molecule has 0 aliphatic carbocycles. The van der Waals surface area contributed by atoms with Gasteiger partial charge in [-0.2, -0.15) is 0 Å². The quantitative estimate of drug-likeness (QED) is 0.593. The number of pyridine rings is 1. The zero-order valence-corrected chi connectivity index (χ0v) is 14.5. The third-order valence-corrected chi connectivity index (χ3v) is 4.33. The molecule has 0 radical (unpaired) electrons. The lowest BCUT2D eigenvalue weighted by Gasteiger charge is -2.12. The molecule has 0 atom stereocenters. The molecule has 1 heterocycles. The maximum atomic E-state index is 12.2. The van der Waals surface area contributed by atoms with E-state index in [1.807, 2.05) is 0 Å². The van der Waals surface area contributed by atoms with Gasteiger partial charge < -0.3 is 15.0 Å². The van der Waals surface area contributed by atoms with Gasteiger partial charge in [0, 0.05) is 22.8 Å². The Morgan fingerprint density at radius 2 is 2.00 bits per heavy atom. The second-order valence-electron chi connectivity index (χ2n) is 5.31. The Bertz CT molecular complexity index is 729. The number of ether oxygens (including phenoxy) is 1. The van der Waals surface area contributed by atoms with Crippen molar-refractivity contribution in [2.24, 2.45) is 0 Å². The van der Waals surface area contributed by atoms with Gasteiger partial charge in [0.2, 0.25) is 0 Å². The fourth-order valence-electron chi connectivity index (χ4n) is 2.18. The maximum absolute atomic E-state index is 12.2. The molecule has 0 spiro atoms. The molecule has 0 saturated heterocycles. The molecule has 2 rings (SSSR count). The van der Waals surface area contributed by atoms with Gasteiger partial charge in [-0.3, -0.25) is 4.79 Å². The lowest BCUT2D eigenvalue weighted by Crippen LogP contribution is -2.20. The van der Waals surface area contributed by atoms with Gasteiger partial charge in [0.05, 0.1) is 23.9 Å². The summed E-state index contributed by atoms with van der Waals surface area (Å²) in [6.07, 6.45) is 4.90. The second-order valence-corrected chi connectivity index (χ2v) is 6.10. The lowest BCUT2D eigenvalue weighted by molar-refractivity contribution is 0.305. The van der Waals surface area contributed by atoms with Crippen molar-refractivity contribution in [1.82, 2.24) is 4.57 Å². The molecule has 0 fully saturated rings. The SMILES string of the molecule is CCCCCOc1ccn(Cc2c(Cl)ccc(N)c2Cl)c(=O)c1. The highest BCUT2D eigenvalue weighted by Crippen LogP contribution is 2.30. The highest BCUT2D eigenvalue weighted by molar-refractivity contribution is 6.37. The summed E-state index contributed by atoms with van der Waals surface area (Å²) in [4.78, 5) is 12.2. The van der Waals surface area contributed by atoms with Crippen molar-refractivity contribution in [3.8, 4) is 5.75 Å². The van der Waals surface area contributed by atoms with E-state index in [-0.39, 0.29) is 12.1 Å². The van der Waals surface area contributed by atoms with Crippen molar-refractivity contribution < 1.29 is 4.74 Å². The van der Waals surface area contributed by atoms with Crippen molar-refractivity contribution in [2.45, 2.75) is 32.7 Å². The van der Waals surface area contributed by atoms with Crippen LogP contribution in [0.3, 0.4) is 0 Å². The molecule has 0 amide bonds. The van der Waals surface area contributed by atoms with Crippen molar-refractivity contribution in [3.05, 3.63) is 56.4 Å². The van der Waals surface area contributed by atoms with Crippen LogP contribution in [0, 0.1) is 0 Å². The topological polar surface area (TPSA) is 57.2 Å². The zero-order valence-electron chi connectivity index (χ0n) is 13.0. The number of unbranched alkanes of at least 4 members (excludes halogenated alkanes) is 2. The molecule has 4 nitrogen and oxygen atoms in total. The van der Waals surface area contributed by atoms with Crippen LogP contribution in [0.15, 0.2) is 35.3 Å². The monoisotopic (exact) mass is 354 g/mol. The number of hydrogen-bond donors (Lipinski definition) is 1. The first kappa shape index (κ1) is 17.7. The summed E-state index contributed by atoms with van der Waals surface area (Å²) in [5, 5.41) is 0.861. The van der Waals surface area contributed by atoms with Gasteiger partial charge in [0.15, 0.2) is 0 Å². The van der Waals surface area contributed by atoms with E-state index in [1.165, 1.54) is 10.6 Å². The van der Waals surface area contributed by atoms with Crippen molar-refractivity contribution in [3.63, 3.8) is 0 Å². The molecule has 0 saturated carbocycles. The number of aromatic nitrogens is 1. The highest BCUT2D eigenvalue weighted by atomic mass is 35.5. The summed E-state index contributed by atoms with van der Waals surface area (Å²) in [6.45, 7) is 3.01. The molecule has 6 heteroatoms. The smallest absolute Gasteiger partial charge is 0.254 e. The number of nitrogens with zero attached hydrogens (tertiary/aromatic N) is 1. The van der Waals surface area contributed by atoms with Gasteiger partial charge in [-0.15, -0.1) is 0 Å². The maximum Gasteiger partial charge on any atom is 0.254 e. The van der Waals surface area contributed by atoms with Crippen LogP contribution >= 0.6 is 23.2 Å². The summed E-state index contributed by atoms with van der Waals surface area (Å²) in [5.74, 6) is 0.576. The van der Waals surface area contributed by atoms with Crippen LogP contribution in [-0.2, 0) is 6.54 Å². The van der Waals surface area contributed by atoms with Gasteiger partial charge in [-0.1, -0.05) is 43.0 Å². The van der Waals surface area contributed by atoms with Gasteiger partial charge in [-0.05, 0) is 24.6 Å². The summed E-state index contributed by atoms with van der Waals surface area (Å²) in [5.41, 5.74) is 6.68. The molecule has 23 heavy (non-hydrogen) atoms. The summed E-state index contributed by atoms with van der Waals surface area (Å²) >= 11 is 12.3. The molecule has 0 unspecified atom stereocenters. The number of rotatable bonds is 7. The van der Waals surface area contributed by atoms with Crippen molar-refractivity contribution in [2.75, 3.05) is 12.3 Å². The fraction of sp³-hybridized carbons (Fsp3) is 0.353. The van der Waals surface area contributed by atoms with E-state index >= 15 is 0 Å². The minimum atomic E-state index is -0.174. The molecular weight excluding hydrogens is 335 g/mol. The highest BCUT2D eigenvalue weighted by Gasteiger charge is 2.10. The second kappa shape index (κ2) is 8.27. The summed E-state index contributed by atoms with van der Waals surface area (Å²) in [7, 11) is 0. The lowest BCUT2D eigenvalue weighted by atomic mass is 10.2. The van der Waals surface area contributed by atoms with Crippen LogP contribution in [0.2, 0.25) is 10.0 Å². The van der Waals surface area contributed by atoms with E-state index in [2.05, 4.69) is 6.92 Å². The average molecular weight is 355 g/mol. The first-order chi connectivity index (χ1) is 11.0. The predicted octanol–water partition coefficient (Wildman–Crippen LogP) is 4.35. The van der Waals surface area contributed by atoms with Crippen LogP contribution in [0.5, 0.6) is 5.75 Å².